The first kappa shape index (κ1) is 16.8. The third kappa shape index (κ3) is 3.55. The van der Waals surface area contributed by atoms with E-state index in [-0.39, 0.29) is 6.10 Å². The van der Waals surface area contributed by atoms with E-state index in [4.69, 9.17) is 4.74 Å². The maximum Gasteiger partial charge on any atom is 0.281 e. The molecule has 1 aliphatic heterocycles. The highest BCUT2D eigenvalue weighted by Crippen LogP contribution is 2.22. The van der Waals surface area contributed by atoms with Gasteiger partial charge < -0.3 is 4.74 Å². The van der Waals surface area contributed by atoms with E-state index >= 15 is 0 Å². The largest absolute Gasteiger partial charge is 0.490 e. The van der Waals surface area contributed by atoms with Gasteiger partial charge in [0.25, 0.3) is 10.2 Å². The number of benzene rings is 1. The number of nitrogens with zero attached hydrogens (tertiary/aromatic N) is 6. The molecule has 0 atom stereocenters. The van der Waals surface area contributed by atoms with Gasteiger partial charge in [0.15, 0.2) is 0 Å². The Hall–Kier alpha value is -2.04. The van der Waals surface area contributed by atoms with Crippen molar-refractivity contribution < 1.29 is 13.2 Å². The van der Waals surface area contributed by atoms with Gasteiger partial charge in [0.1, 0.15) is 18.2 Å². The van der Waals surface area contributed by atoms with E-state index in [0.29, 0.717) is 25.9 Å². The van der Waals surface area contributed by atoms with Crippen molar-refractivity contribution in [3.8, 4) is 11.4 Å². The van der Waals surface area contributed by atoms with Crippen molar-refractivity contribution in [1.29, 1.82) is 0 Å². The van der Waals surface area contributed by atoms with Crippen LogP contribution in [-0.4, -0.2) is 70.5 Å². The molecule has 0 aliphatic carbocycles. The van der Waals surface area contributed by atoms with E-state index in [9.17, 15) is 8.42 Å². The zero-order chi connectivity index (χ0) is 17.2. The molecule has 10 heteroatoms. The molecule has 2 aromatic rings. The van der Waals surface area contributed by atoms with E-state index in [1.54, 1.807) is 18.8 Å². The van der Waals surface area contributed by atoms with Crippen LogP contribution in [-0.2, 0) is 10.2 Å². The minimum atomic E-state index is -3.35. The molecule has 0 unspecified atom stereocenters. The Morgan fingerprint density at radius 1 is 1.25 bits per heavy atom. The number of ether oxygens (including phenoxy) is 1. The zero-order valence-electron chi connectivity index (χ0n) is 13.6. The van der Waals surface area contributed by atoms with E-state index < -0.39 is 10.2 Å². The molecular formula is C14H20N6O3S. The number of hydrogen-bond acceptors (Lipinski definition) is 6. The van der Waals surface area contributed by atoms with Crippen LogP contribution < -0.4 is 4.74 Å². The smallest absolute Gasteiger partial charge is 0.281 e. The molecule has 0 bridgehead atoms. The quantitative estimate of drug-likeness (QED) is 0.769. The van der Waals surface area contributed by atoms with Crippen molar-refractivity contribution in [2.24, 2.45) is 0 Å². The lowest BCUT2D eigenvalue weighted by atomic mass is 10.1. The predicted octanol–water partition coefficient (Wildman–Crippen LogP) is 0.312. The Labute approximate surface area is 141 Å². The highest BCUT2D eigenvalue weighted by Gasteiger charge is 2.30. The molecular weight excluding hydrogens is 332 g/mol. The van der Waals surface area contributed by atoms with Crippen LogP contribution in [0, 0.1) is 0 Å². The molecule has 0 N–H and O–H groups in total. The molecule has 130 valence electrons. The lowest BCUT2D eigenvalue weighted by Crippen LogP contribution is -2.46. The SMILES string of the molecule is CN(C)S(=O)(=O)N1CCC(Oc2cccc(-n3cnnn3)c2)CC1. The maximum atomic E-state index is 12.1. The fourth-order valence-corrected chi connectivity index (χ4v) is 3.72. The van der Waals surface area contributed by atoms with Gasteiger partial charge in [-0.05, 0) is 35.4 Å². The molecule has 1 saturated heterocycles. The standard InChI is InChI=1S/C14H20N6O3S/c1-18(2)24(21,22)19-8-6-13(7-9-19)23-14-5-3-4-12(10-14)20-11-15-16-17-20/h3-5,10-11,13H,6-9H2,1-2H3. The van der Waals surface area contributed by atoms with Crippen molar-refractivity contribution in [2.75, 3.05) is 27.2 Å². The van der Waals surface area contributed by atoms with Gasteiger partial charge in [-0.3, -0.25) is 0 Å². The van der Waals surface area contributed by atoms with E-state index in [1.165, 1.54) is 14.9 Å². The van der Waals surface area contributed by atoms with Gasteiger partial charge in [-0.15, -0.1) is 5.10 Å². The number of aromatic nitrogens is 4. The Morgan fingerprint density at radius 3 is 2.62 bits per heavy atom. The maximum absolute atomic E-state index is 12.1. The van der Waals surface area contributed by atoms with Crippen LogP contribution >= 0.6 is 0 Å². The molecule has 0 amide bonds. The first-order valence-corrected chi connectivity index (χ1v) is 9.04. The summed E-state index contributed by atoms with van der Waals surface area (Å²) in [6, 6.07) is 7.49. The average molecular weight is 352 g/mol. The third-order valence-corrected chi connectivity index (χ3v) is 5.86. The van der Waals surface area contributed by atoms with Crippen LogP contribution in [0.5, 0.6) is 5.75 Å². The topological polar surface area (TPSA) is 93.5 Å². The molecule has 0 saturated carbocycles. The number of hydrogen-bond donors (Lipinski definition) is 0. The van der Waals surface area contributed by atoms with Crippen LogP contribution in [0.4, 0.5) is 0 Å². The average Bonchev–Trinajstić information content (AvgIpc) is 3.10. The van der Waals surface area contributed by atoms with Gasteiger partial charge in [0.2, 0.25) is 0 Å². The van der Waals surface area contributed by atoms with Crippen molar-refractivity contribution in [1.82, 2.24) is 28.8 Å². The van der Waals surface area contributed by atoms with Gasteiger partial charge in [-0.1, -0.05) is 6.07 Å². The molecule has 1 aromatic heterocycles. The first-order valence-electron chi connectivity index (χ1n) is 7.64. The van der Waals surface area contributed by atoms with Crippen LogP contribution in [0.2, 0.25) is 0 Å². The molecule has 0 spiro atoms. The van der Waals surface area contributed by atoms with Crippen LogP contribution in [0.15, 0.2) is 30.6 Å². The van der Waals surface area contributed by atoms with E-state index in [2.05, 4.69) is 15.5 Å². The molecule has 3 rings (SSSR count). The van der Waals surface area contributed by atoms with Crippen molar-refractivity contribution >= 4 is 10.2 Å². The van der Waals surface area contributed by atoms with Gasteiger partial charge in [0.05, 0.1) is 5.69 Å². The summed E-state index contributed by atoms with van der Waals surface area (Å²) in [4.78, 5) is 0. The third-order valence-electron chi connectivity index (χ3n) is 3.92. The Bertz CT molecular complexity index is 770. The predicted molar refractivity (Wildman–Crippen MR) is 87.0 cm³/mol. The minimum Gasteiger partial charge on any atom is -0.490 e. The number of tetrazole rings is 1. The Kier molecular flexibility index (Phi) is 4.78. The molecule has 2 heterocycles. The molecule has 1 fully saturated rings. The van der Waals surface area contributed by atoms with Crippen LogP contribution in [0.1, 0.15) is 12.8 Å². The summed E-state index contributed by atoms with van der Waals surface area (Å²) in [5, 5.41) is 11.1. The Balaban J connectivity index is 1.62. The Morgan fingerprint density at radius 2 is 2.00 bits per heavy atom. The molecule has 24 heavy (non-hydrogen) atoms. The van der Waals surface area contributed by atoms with E-state index in [0.717, 1.165) is 11.4 Å². The van der Waals surface area contributed by atoms with Crippen molar-refractivity contribution in [2.45, 2.75) is 18.9 Å². The summed E-state index contributed by atoms with van der Waals surface area (Å²) in [6.45, 7) is 0.912. The highest BCUT2D eigenvalue weighted by atomic mass is 32.2. The molecule has 9 nitrogen and oxygen atoms in total. The monoisotopic (exact) mass is 352 g/mol. The fourth-order valence-electron chi connectivity index (χ4n) is 2.58. The zero-order valence-corrected chi connectivity index (χ0v) is 14.4. The molecule has 1 aromatic carbocycles. The first-order chi connectivity index (χ1) is 11.5. The minimum absolute atomic E-state index is 0.0114. The normalized spacial score (nSPS) is 17.3. The van der Waals surface area contributed by atoms with Crippen molar-refractivity contribution in [3.63, 3.8) is 0 Å². The van der Waals surface area contributed by atoms with Gasteiger partial charge in [0, 0.05) is 33.3 Å². The fraction of sp³-hybridized carbons (Fsp3) is 0.500. The second-order valence-corrected chi connectivity index (χ2v) is 7.90. The summed E-state index contributed by atoms with van der Waals surface area (Å²) < 4.78 is 34.5. The van der Waals surface area contributed by atoms with Crippen LogP contribution in [0.25, 0.3) is 5.69 Å². The molecule has 1 aliphatic rings. The van der Waals surface area contributed by atoms with Gasteiger partial charge in [-0.25, -0.2) is 4.68 Å². The van der Waals surface area contributed by atoms with Gasteiger partial charge in [-0.2, -0.15) is 17.0 Å². The summed E-state index contributed by atoms with van der Waals surface area (Å²) in [5.74, 6) is 0.719. The number of piperidine rings is 1. The lowest BCUT2D eigenvalue weighted by molar-refractivity contribution is 0.133. The lowest BCUT2D eigenvalue weighted by Gasteiger charge is -2.32. The summed E-state index contributed by atoms with van der Waals surface area (Å²) in [5.41, 5.74) is 0.810. The number of rotatable bonds is 5. The second-order valence-electron chi connectivity index (χ2n) is 5.76. The van der Waals surface area contributed by atoms with Crippen molar-refractivity contribution in [3.05, 3.63) is 30.6 Å². The van der Waals surface area contributed by atoms with Crippen LogP contribution in [0.3, 0.4) is 0 Å². The second kappa shape index (κ2) is 6.83. The van der Waals surface area contributed by atoms with E-state index in [1.807, 2.05) is 24.3 Å². The molecule has 0 radical (unpaired) electrons. The summed E-state index contributed by atoms with van der Waals surface area (Å²) in [7, 11) is -0.259. The van der Waals surface area contributed by atoms with Gasteiger partial charge >= 0.3 is 0 Å². The summed E-state index contributed by atoms with van der Waals surface area (Å²) in [6.07, 6.45) is 2.82. The highest BCUT2D eigenvalue weighted by molar-refractivity contribution is 7.86. The summed E-state index contributed by atoms with van der Waals surface area (Å²) >= 11 is 0.